The number of rotatable bonds is 5. The van der Waals surface area contributed by atoms with Gasteiger partial charge in [-0.2, -0.15) is 0 Å². The zero-order chi connectivity index (χ0) is 21.9. The number of nitrogens with one attached hydrogen (secondary N) is 2. The molecule has 10 nitrogen and oxygen atoms in total. The molecule has 3 N–H and O–H groups in total. The average Bonchev–Trinajstić information content (AvgIpc) is 2.85. The van der Waals surface area contributed by atoms with E-state index in [0.29, 0.717) is 30.5 Å². The molecule has 32 heavy (non-hydrogen) atoms. The van der Waals surface area contributed by atoms with Crippen LogP contribution < -0.4 is 20.4 Å². The zero-order valence-corrected chi connectivity index (χ0v) is 17.8. The van der Waals surface area contributed by atoms with E-state index in [4.69, 9.17) is 4.98 Å². The van der Waals surface area contributed by atoms with Crippen molar-refractivity contribution in [1.29, 1.82) is 0 Å². The Morgan fingerprint density at radius 2 is 1.94 bits per heavy atom. The number of carbonyl (C=O) groups excluding carboxylic acids is 1. The highest BCUT2D eigenvalue weighted by molar-refractivity contribution is 5.95. The van der Waals surface area contributed by atoms with E-state index >= 15 is 0 Å². The maximum Gasteiger partial charge on any atom is 0.241 e. The van der Waals surface area contributed by atoms with Gasteiger partial charge in [-0.25, -0.2) is 19.9 Å². The van der Waals surface area contributed by atoms with Crippen LogP contribution in [0.4, 0.5) is 23.3 Å². The van der Waals surface area contributed by atoms with Gasteiger partial charge in [-0.05, 0) is 37.5 Å². The number of amides is 1. The smallest absolute Gasteiger partial charge is 0.241 e. The zero-order valence-electron chi connectivity index (χ0n) is 17.8. The van der Waals surface area contributed by atoms with Crippen molar-refractivity contribution in [3.63, 3.8) is 0 Å². The van der Waals surface area contributed by atoms with Crippen molar-refractivity contribution in [1.82, 2.24) is 25.3 Å². The molecule has 0 bridgehead atoms. The fourth-order valence-electron chi connectivity index (χ4n) is 4.16. The van der Waals surface area contributed by atoms with Gasteiger partial charge in [0.2, 0.25) is 11.9 Å². The van der Waals surface area contributed by atoms with E-state index in [1.54, 1.807) is 17.3 Å². The number of fused-ring (bicyclic) bond motifs is 1. The lowest BCUT2D eigenvalue weighted by Crippen LogP contribution is -2.48. The van der Waals surface area contributed by atoms with Crippen LogP contribution in [0.2, 0.25) is 0 Å². The molecule has 0 spiro atoms. The molecule has 2 saturated heterocycles. The van der Waals surface area contributed by atoms with Gasteiger partial charge < -0.3 is 25.5 Å². The summed E-state index contributed by atoms with van der Waals surface area (Å²) in [5, 5.41) is 16.7. The van der Waals surface area contributed by atoms with Crippen LogP contribution in [0.1, 0.15) is 25.0 Å². The van der Waals surface area contributed by atoms with E-state index in [-0.39, 0.29) is 12.5 Å². The Hall–Kier alpha value is -3.37. The van der Waals surface area contributed by atoms with Gasteiger partial charge in [-0.3, -0.25) is 4.79 Å². The number of nitrogens with zero attached hydrogens (tertiary/aromatic N) is 6. The predicted octanol–water partition coefficient (Wildman–Crippen LogP) is 1.58. The number of hydrogen-bond donors (Lipinski definition) is 3. The minimum Gasteiger partial charge on any atom is -0.390 e. The fraction of sp³-hybridized carbons (Fsp3) is 0.409. The Balaban J connectivity index is 1.41. The third-order valence-electron chi connectivity index (χ3n) is 5.81. The number of carbonyl (C=O) groups is 1. The lowest BCUT2D eigenvalue weighted by molar-refractivity contribution is -0.118. The highest BCUT2D eigenvalue weighted by Gasteiger charge is 2.20. The van der Waals surface area contributed by atoms with Gasteiger partial charge in [-0.1, -0.05) is 0 Å². The summed E-state index contributed by atoms with van der Waals surface area (Å²) >= 11 is 0. The monoisotopic (exact) mass is 434 g/mol. The number of pyridine rings is 2. The summed E-state index contributed by atoms with van der Waals surface area (Å²) in [6.45, 7) is 3.47. The Morgan fingerprint density at radius 3 is 2.69 bits per heavy atom. The average molecular weight is 435 g/mol. The van der Waals surface area contributed by atoms with E-state index in [9.17, 15) is 9.90 Å². The quantitative estimate of drug-likeness (QED) is 0.550. The largest absolute Gasteiger partial charge is 0.390 e. The van der Waals surface area contributed by atoms with Gasteiger partial charge >= 0.3 is 0 Å². The summed E-state index contributed by atoms with van der Waals surface area (Å²) in [6, 6.07) is 5.51. The fourth-order valence-corrected chi connectivity index (χ4v) is 4.16. The molecule has 5 heterocycles. The van der Waals surface area contributed by atoms with E-state index in [0.717, 1.165) is 54.9 Å². The highest BCUT2D eigenvalue weighted by atomic mass is 16.3. The number of aromatic nitrogens is 4. The minimum absolute atomic E-state index is 0.0385. The van der Waals surface area contributed by atoms with Gasteiger partial charge in [0.05, 0.1) is 30.7 Å². The number of hydrogen-bond acceptors (Lipinski definition) is 9. The molecule has 0 aliphatic carbocycles. The Bertz CT molecular complexity index is 1110. The summed E-state index contributed by atoms with van der Waals surface area (Å²) < 4.78 is 0. The third kappa shape index (κ3) is 4.19. The topological polar surface area (TPSA) is 119 Å². The lowest BCUT2D eigenvalue weighted by Gasteiger charge is -2.28. The Morgan fingerprint density at radius 1 is 1.06 bits per heavy atom. The molecule has 1 amide bonds. The van der Waals surface area contributed by atoms with Crippen LogP contribution in [-0.2, 0) is 11.4 Å². The third-order valence-corrected chi connectivity index (χ3v) is 5.81. The summed E-state index contributed by atoms with van der Waals surface area (Å²) in [5.41, 5.74) is 2.14. The van der Waals surface area contributed by atoms with Gasteiger partial charge in [0, 0.05) is 37.8 Å². The predicted molar refractivity (Wildman–Crippen MR) is 122 cm³/mol. The Kier molecular flexibility index (Phi) is 5.78. The molecular formula is C22H26N8O2. The normalized spacial score (nSPS) is 17.1. The first-order valence-corrected chi connectivity index (χ1v) is 11.0. The van der Waals surface area contributed by atoms with Gasteiger partial charge in [-0.15, -0.1) is 0 Å². The number of anilines is 4. The second-order valence-electron chi connectivity index (χ2n) is 8.02. The molecule has 0 saturated carbocycles. The van der Waals surface area contributed by atoms with Crippen molar-refractivity contribution >= 4 is 40.1 Å². The van der Waals surface area contributed by atoms with Crippen LogP contribution in [0.3, 0.4) is 0 Å². The second-order valence-corrected chi connectivity index (χ2v) is 8.02. The summed E-state index contributed by atoms with van der Waals surface area (Å²) in [6.07, 6.45) is 6.88. The maximum atomic E-state index is 12.1. The SMILES string of the molecule is O=C1CNCCN1c1ccc(Nc2ncc3cc(CO)nc(N4CCCCC4)c3n2)nc1. The van der Waals surface area contributed by atoms with Gasteiger partial charge in [0.15, 0.2) is 5.82 Å². The van der Waals surface area contributed by atoms with Gasteiger partial charge in [0.25, 0.3) is 0 Å². The first-order valence-electron chi connectivity index (χ1n) is 11.0. The number of piperazine rings is 1. The van der Waals surface area contributed by atoms with Crippen molar-refractivity contribution in [2.24, 2.45) is 0 Å². The number of aliphatic hydroxyl groups is 1. The lowest BCUT2D eigenvalue weighted by atomic mass is 10.1. The second kappa shape index (κ2) is 9.01. The Labute approximate surface area is 185 Å². The molecule has 3 aromatic rings. The molecular weight excluding hydrogens is 408 g/mol. The van der Waals surface area contributed by atoms with Crippen molar-refractivity contribution in [2.45, 2.75) is 25.9 Å². The standard InChI is InChI=1S/C22H26N8O2/c31-14-16-10-15-11-25-22(28-20(15)21(26-16)29-7-2-1-3-8-29)27-18-5-4-17(12-24-18)30-9-6-23-13-19(30)32/h4-5,10-12,23,31H,1-3,6-9,13-14H2,(H,24,25,27,28). The first kappa shape index (κ1) is 20.5. The van der Waals surface area contributed by atoms with Crippen molar-refractivity contribution in [2.75, 3.05) is 47.8 Å². The van der Waals surface area contributed by atoms with Crippen LogP contribution >= 0.6 is 0 Å². The molecule has 5 rings (SSSR count). The van der Waals surface area contributed by atoms with Gasteiger partial charge in [0.1, 0.15) is 11.3 Å². The maximum absolute atomic E-state index is 12.1. The van der Waals surface area contributed by atoms with Crippen LogP contribution in [-0.4, -0.2) is 63.7 Å². The molecule has 3 aromatic heterocycles. The molecule has 0 radical (unpaired) electrons. The van der Waals surface area contributed by atoms with E-state index in [2.05, 4.69) is 30.5 Å². The van der Waals surface area contributed by atoms with E-state index < -0.39 is 0 Å². The molecule has 0 aromatic carbocycles. The van der Waals surface area contributed by atoms with E-state index in [1.807, 2.05) is 18.2 Å². The number of aliphatic hydroxyl groups excluding tert-OH is 1. The summed E-state index contributed by atoms with van der Waals surface area (Å²) in [7, 11) is 0. The molecule has 2 aliphatic heterocycles. The summed E-state index contributed by atoms with van der Waals surface area (Å²) in [5.74, 6) is 1.84. The molecule has 10 heteroatoms. The highest BCUT2D eigenvalue weighted by Crippen LogP contribution is 2.28. The van der Waals surface area contributed by atoms with Crippen molar-refractivity contribution < 1.29 is 9.90 Å². The van der Waals surface area contributed by atoms with Crippen LogP contribution in [0.5, 0.6) is 0 Å². The van der Waals surface area contributed by atoms with Crippen molar-refractivity contribution in [3.8, 4) is 0 Å². The minimum atomic E-state index is -0.122. The van der Waals surface area contributed by atoms with Crippen molar-refractivity contribution in [3.05, 3.63) is 36.3 Å². The molecule has 0 unspecified atom stereocenters. The molecule has 2 aliphatic rings. The molecule has 2 fully saturated rings. The van der Waals surface area contributed by atoms with E-state index in [1.165, 1.54) is 6.42 Å². The first-order chi connectivity index (χ1) is 15.7. The summed E-state index contributed by atoms with van der Waals surface area (Å²) in [4.78, 5) is 34.3. The van der Waals surface area contributed by atoms with Crippen LogP contribution in [0.25, 0.3) is 10.9 Å². The number of piperidine rings is 1. The molecule has 0 atom stereocenters. The van der Waals surface area contributed by atoms with Crippen LogP contribution in [0, 0.1) is 0 Å². The molecule has 166 valence electrons. The van der Waals surface area contributed by atoms with Crippen LogP contribution in [0.15, 0.2) is 30.6 Å².